The molecule has 2 aromatic heterocycles. The van der Waals surface area contributed by atoms with E-state index < -0.39 is 4.92 Å². The molecule has 3 heterocycles. The van der Waals surface area contributed by atoms with Gasteiger partial charge in [-0.3, -0.25) is 10.1 Å². The van der Waals surface area contributed by atoms with E-state index in [0.29, 0.717) is 12.4 Å². The lowest BCUT2D eigenvalue weighted by Crippen LogP contribution is -2.22. The van der Waals surface area contributed by atoms with Gasteiger partial charge >= 0.3 is 0 Å². The van der Waals surface area contributed by atoms with Crippen LogP contribution in [0.4, 0.5) is 11.5 Å². The molecule has 0 unspecified atom stereocenters. The van der Waals surface area contributed by atoms with E-state index in [9.17, 15) is 10.1 Å². The van der Waals surface area contributed by atoms with Gasteiger partial charge in [0.2, 0.25) is 0 Å². The third kappa shape index (κ3) is 2.88. The van der Waals surface area contributed by atoms with Crippen LogP contribution in [0.2, 0.25) is 0 Å². The second-order valence-corrected chi connectivity index (χ2v) is 5.91. The summed E-state index contributed by atoms with van der Waals surface area (Å²) in [4.78, 5) is 15.8. The molecule has 1 aliphatic rings. The van der Waals surface area contributed by atoms with Gasteiger partial charge in [-0.2, -0.15) is 0 Å². The Bertz CT molecular complexity index is 671. The lowest BCUT2D eigenvalue weighted by Gasteiger charge is -2.24. The first-order chi connectivity index (χ1) is 10.1. The molecule has 0 aliphatic carbocycles. The predicted molar refractivity (Wildman–Crippen MR) is 80.8 cm³/mol. The van der Waals surface area contributed by atoms with Crippen molar-refractivity contribution in [1.29, 1.82) is 0 Å². The first kappa shape index (κ1) is 14.0. The predicted octanol–water partition coefficient (Wildman–Crippen LogP) is 3.09. The molecule has 1 N–H and O–H groups in total. The van der Waals surface area contributed by atoms with Crippen molar-refractivity contribution in [1.82, 2.24) is 4.98 Å². The van der Waals surface area contributed by atoms with Gasteiger partial charge in [0.25, 0.3) is 5.69 Å². The summed E-state index contributed by atoms with van der Waals surface area (Å²) in [5, 5.41) is 16.0. The number of hydrogen-bond acceptors (Lipinski definition) is 6. The molecule has 0 bridgehead atoms. The molecule has 0 spiro atoms. The van der Waals surface area contributed by atoms with Crippen LogP contribution < -0.4 is 5.32 Å². The van der Waals surface area contributed by atoms with Gasteiger partial charge in [-0.1, -0.05) is 0 Å². The standard InChI is InChI=1S/C14H15N3O3S/c1-9-6-10(17(18)19)7-15-14(9)16-8-12-11-3-5-21-13(11)2-4-20-12/h3,5-7,12H,2,4,8H2,1H3,(H,15,16)/t12-/m1/s1. The van der Waals surface area contributed by atoms with Crippen LogP contribution in [0.3, 0.4) is 0 Å². The quantitative estimate of drug-likeness (QED) is 0.694. The molecule has 7 heteroatoms. The van der Waals surface area contributed by atoms with Gasteiger partial charge in [0, 0.05) is 23.9 Å². The number of hydrogen-bond donors (Lipinski definition) is 1. The molecule has 1 atom stereocenters. The van der Waals surface area contributed by atoms with Crippen molar-refractivity contribution in [3.63, 3.8) is 0 Å². The van der Waals surface area contributed by atoms with Gasteiger partial charge < -0.3 is 10.1 Å². The highest BCUT2D eigenvalue weighted by Gasteiger charge is 2.22. The number of aryl methyl sites for hydroxylation is 1. The zero-order chi connectivity index (χ0) is 14.8. The summed E-state index contributed by atoms with van der Waals surface area (Å²) in [6, 6.07) is 3.62. The number of rotatable bonds is 4. The fourth-order valence-corrected chi connectivity index (χ4v) is 3.34. The number of nitro groups is 1. The van der Waals surface area contributed by atoms with Crippen LogP contribution in [-0.4, -0.2) is 23.1 Å². The van der Waals surface area contributed by atoms with Crippen LogP contribution >= 0.6 is 11.3 Å². The summed E-state index contributed by atoms with van der Waals surface area (Å²) >= 11 is 1.76. The molecule has 3 rings (SSSR count). The zero-order valence-corrected chi connectivity index (χ0v) is 12.4. The van der Waals surface area contributed by atoms with E-state index in [0.717, 1.165) is 18.6 Å². The summed E-state index contributed by atoms with van der Waals surface area (Å²) < 4.78 is 5.79. The van der Waals surface area contributed by atoms with Crippen LogP contribution in [0, 0.1) is 17.0 Å². The molecule has 0 aromatic carbocycles. The van der Waals surface area contributed by atoms with Crippen LogP contribution in [0.1, 0.15) is 22.1 Å². The van der Waals surface area contributed by atoms with E-state index >= 15 is 0 Å². The molecule has 2 aromatic rings. The summed E-state index contributed by atoms with van der Waals surface area (Å²) in [5.74, 6) is 0.659. The van der Waals surface area contributed by atoms with E-state index in [4.69, 9.17) is 4.74 Å². The number of aromatic nitrogens is 1. The number of nitrogens with zero attached hydrogens (tertiary/aromatic N) is 2. The van der Waals surface area contributed by atoms with Crippen LogP contribution in [-0.2, 0) is 11.2 Å². The van der Waals surface area contributed by atoms with Gasteiger partial charge in [-0.15, -0.1) is 11.3 Å². The first-order valence-corrected chi connectivity index (χ1v) is 7.56. The molecule has 0 radical (unpaired) electrons. The zero-order valence-electron chi connectivity index (χ0n) is 11.5. The Kier molecular flexibility index (Phi) is 3.85. The summed E-state index contributed by atoms with van der Waals surface area (Å²) in [6.07, 6.45) is 2.25. The van der Waals surface area contributed by atoms with Gasteiger partial charge in [0.05, 0.1) is 11.5 Å². The number of nitrogens with one attached hydrogen (secondary N) is 1. The second kappa shape index (κ2) is 5.79. The smallest absolute Gasteiger partial charge is 0.287 e. The molecule has 21 heavy (non-hydrogen) atoms. The van der Waals surface area contributed by atoms with Crippen LogP contribution in [0.25, 0.3) is 0 Å². The summed E-state index contributed by atoms with van der Waals surface area (Å²) in [7, 11) is 0. The number of thiophene rings is 1. The van der Waals surface area contributed by atoms with Crippen molar-refractivity contribution in [3.05, 3.63) is 49.8 Å². The molecule has 0 saturated carbocycles. The maximum absolute atomic E-state index is 10.7. The maximum atomic E-state index is 10.7. The summed E-state index contributed by atoms with van der Waals surface area (Å²) in [5.41, 5.74) is 2.00. The molecular formula is C14H15N3O3S. The maximum Gasteiger partial charge on any atom is 0.287 e. The Labute approximate surface area is 125 Å². The van der Waals surface area contributed by atoms with E-state index in [-0.39, 0.29) is 11.8 Å². The third-order valence-corrected chi connectivity index (χ3v) is 4.50. The van der Waals surface area contributed by atoms with E-state index in [1.807, 2.05) is 0 Å². The monoisotopic (exact) mass is 305 g/mol. The molecule has 1 aliphatic heterocycles. The van der Waals surface area contributed by atoms with Crippen molar-refractivity contribution in [2.24, 2.45) is 0 Å². The normalized spacial score (nSPS) is 17.3. The third-order valence-electron chi connectivity index (χ3n) is 3.50. The summed E-state index contributed by atoms with van der Waals surface area (Å²) in [6.45, 7) is 3.14. The lowest BCUT2D eigenvalue weighted by atomic mass is 10.1. The Morgan fingerprint density at radius 2 is 2.48 bits per heavy atom. The lowest BCUT2D eigenvalue weighted by molar-refractivity contribution is -0.385. The minimum atomic E-state index is -0.439. The van der Waals surface area contributed by atoms with Crippen molar-refractivity contribution in [2.45, 2.75) is 19.4 Å². The molecule has 0 saturated heterocycles. The largest absolute Gasteiger partial charge is 0.371 e. The van der Waals surface area contributed by atoms with Crippen LogP contribution in [0.5, 0.6) is 0 Å². The SMILES string of the molecule is Cc1cc([N+](=O)[O-])cnc1NC[C@H]1OCCc2sccc21. The second-order valence-electron chi connectivity index (χ2n) is 4.91. The van der Waals surface area contributed by atoms with Crippen molar-refractivity contribution < 1.29 is 9.66 Å². The van der Waals surface area contributed by atoms with Crippen molar-refractivity contribution in [2.75, 3.05) is 18.5 Å². The highest BCUT2D eigenvalue weighted by molar-refractivity contribution is 7.10. The van der Waals surface area contributed by atoms with Gasteiger partial charge in [-0.05, 0) is 29.5 Å². The van der Waals surface area contributed by atoms with E-state index in [2.05, 4.69) is 21.7 Å². The van der Waals surface area contributed by atoms with E-state index in [1.54, 1.807) is 18.3 Å². The van der Waals surface area contributed by atoms with Gasteiger partial charge in [0.1, 0.15) is 18.1 Å². The Balaban J connectivity index is 1.70. The number of pyridine rings is 1. The molecule has 110 valence electrons. The fraction of sp³-hybridized carbons (Fsp3) is 0.357. The molecular weight excluding hydrogens is 290 g/mol. The Morgan fingerprint density at radius 1 is 1.62 bits per heavy atom. The van der Waals surface area contributed by atoms with Crippen molar-refractivity contribution in [3.8, 4) is 0 Å². The Morgan fingerprint density at radius 3 is 3.24 bits per heavy atom. The van der Waals surface area contributed by atoms with Gasteiger partial charge in [-0.25, -0.2) is 4.98 Å². The molecule has 0 amide bonds. The highest BCUT2D eigenvalue weighted by Crippen LogP contribution is 2.31. The minimum Gasteiger partial charge on any atom is -0.371 e. The Hall–Kier alpha value is -1.99. The molecule has 0 fully saturated rings. The number of anilines is 1. The fourth-order valence-electron chi connectivity index (χ4n) is 2.43. The first-order valence-electron chi connectivity index (χ1n) is 6.68. The van der Waals surface area contributed by atoms with Crippen LogP contribution in [0.15, 0.2) is 23.7 Å². The minimum absolute atomic E-state index is 0.00656. The molecule has 6 nitrogen and oxygen atoms in total. The van der Waals surface area contributed by atoms with E-state index in [1.165, 1.54) is 22.7 Å². The number of ether oxygens (including phenoxy) is 1. The van der Waals surface area contributed by atoms with Crippen molar-refractivity contribution >= 4 is 22.8 Å². The average molecular weight is 305 g/mol. The highest BCUT2D eigenvalue weighted by atomic mass is 32.1. The average Bonchev–Trinajstić information content (AvgIpc) is 2.94. The topological polar surface area (TPSA) is 77.3 Å². The number of fused-ring (bicyclic) bond motifs is 1. The van der Waals surface area contributed by atoms with Gasteiger partial charge in [0.15, 0.2) is 0 Å².